The lowest BCUT2D eigenvalue weighted by molar-refractivity contribution is -0.134. The monoisotopic (exact) mass is 680 g/mol. The third-order valence-corrected chi connectivity index (χ3v) is 12.4. The summed E-state index contributed by atoms with van der Waals surface area (Å²) in [4.78, 5) is 24.3. The molecule has 0 atom stereocenters. The number of para-hydroxylation sites is 1. The van der Waals surface area contributed by atoms with E-state index in [1.807, 2.05) is 0 Å². The number of anilines is 1. The molecule has 0 aromatic heterocycles. The molecule has 0 unspecified atom stereocenters. The van der Waals surface area contributed by atoms with Gasteiger partial charge in [0.2, 0.25) is 5.91 Å². The van der Waals surface area contributed by atoms with Crippen LogP contribution in [0.2, 0.25) is 0 Å². The summed E-state index contributed by atoms with van der Waals surface area (Å²) in [5.74, 6) is 2.11. The number of rotatable bonds is 13. The van der Waals surface area contributed by atoms with E-state index in [1.54, 1.807) is 0 Å². The van der Waals surface area contributed by atoms with E-state index in [2.05, 4.69) is 79.7 Å². The van der Waals surface area contributed by atoms with Crippen LogP contribution in [0.4, 0.5) is 5.69 Å². The van der Waals surface area contributed by atoms with Crippen molar-refractivity contribution < 1.29 is 4.79 Å². The summed E-state index contributed by atoms with van der Waals surface area (Å²) in [6, 6.07) is 11.5. The number of unbranched alkanes of at least 4 members (excludes halogenated alkanes) is 6. The third-order valence-electron chi connectivity index (χ3n) is 12.4. The van der Waals surface area contributed by atoms with Crippen LogP contribution in [0, 0.1) is 11.8 Å². The molecule has 0 bridgehead atoms. The standard InChI is InChI=1S/C41H73N7O/c1-36(2)37-17-19-38(20-18-37)46-32-21-41(22-33-46)40(49)47(35-48(41)39-15-9-8-10-16-39)31-12-7-5-3-4-6-11-29-45-30-14-25-43-27-26-42-23-13-24-44-28-34-45/h8-10,15-16,36-38,42-44H,3-7,11-14,17-35H2,1-2H3/t37-,38+. The van der Waals surface area contributed by atoms with E-state index in [1.165, 1.54) is 102 Å². The van der Waals surface area contributed by atoms with Crippen LogP contribution in [0.5, 0.6) is 0 Å². The summed E-state index contributed by atoms with van der Waals surface area (Å²) in [6.45, 7) is 18.8. The highest BCUT2D eigenvalue weighted by atomic mass is 16.2. The van der Waals surface area contributed by atoms with E-state index in [0.717, 1.165) is 103 Å². The van der Waals surface area contributed by atoms with E-state index in [4.69, 9.17) is 0 Å². The molecule has 1 spiro atoms. The quantitative estimate of drug-likeness (QED) is 0.223. The average molecular weight is 680 g/mol. The molecule has 3 saturated heterocycles. The Balaban J connectivity index is 0.995. The number of hydrogen-bond acceptors (Lipinski definition) is 7. The molecule has 278 valence electrons. The number of benzene rings is 1. The van der Waals surface area contributed by atoms with E-state index in [-0.39, 0.29) is 5.54 Å². The lowest BCUT2D eigenvalue weighted by Crippen LogP contribution is -2.58. The molecule has 1 aromatic carbocycles. The summed E-state index contributed by atoms with van der Waals surface area (Å²) in [7, 11) is 0. The van der Waals surface area contributed by atoms with Crippen molar-refractivity contribution in [1.82, 2.24) is 30.7 Å². The average Bonchev–Trinajstić information content (AvgIpc) is 3.39. The molecule has 8 heteroatoms. The largest absolute Gasteiger partial charge is 0.339 e. The van der Waals surface area contributed by atoms with E-state index >= 15 is 0 Å². The number of piperidine rings is 1. The highest BCUT2D eigenvalue weighted by molar-refractivity contribution is 5.93. The first kappa shape index (κ1) is 38.5. The van der Waals surface area contributed by atoms with Gasteiger partial charge in [0.25, 0.3) is 0 Å². The minimum absolute atomic E-state index is 0.362. The first-order chi connectivity index (χ1) is 24.1. The Labute approximate surface area is 300 Å². The molecular weight excluding hydrogens is 606 g/mol. The molecule has 3 heterocycles. The Morgan fingerprint density at radius 3 is 1.98 bits per heavy atom. The summed E-state index contributed by atoms with van der Waals surface area (Å²) >= 11 is 0. The summed E-state index contributed by atoms with van der Waals surface area (Å²) in [5, 5.41) is 10.8. The Morgan fingerprint density at radius 2 is 1.31 bits per heavy atom. The second kappa shape index (κ2) is 21.0. The maximum absolute atomic E-state index is 14.2. The minimum Gasteiger partial charge on any atom is -0.339 e. The topological polar surface area (TPSA) is 66.1 Å². The Bertz CT molecular complexity index is 1020. The van der Waals surface area contributed by atoms with Gasteiger partial charge in [0, 0.05) is 57.5 Å². The predicted molar refractivity (Wildman–Crippen MR) is 206 cm³/mol. The number of hydrogen-bond donors (Lipinski definition) is 3. The van der Waals surface area contributed by atoms with Gasteiger partial charge < -0.3 is 35.6 Å². The predicted octanol–water partition coefficient (Wildman–Crippen LogP) is 5.94. The van der Waals surface area contributed by atoms with Gasteiger partial charge >= 0.3 is 0 Å². The molecule has 8 nitrogen and oxygen atoms in total. The fraction of sp³-hybridized carbons (Fsp3) is 0.829. The number of carbonyl (C=O) groups excluding carboxylic acids is 1. The fourth-order valence-electron chi connectivity index (χ4n) is 9.18. The van der Waals surface area contributed by atoms with Gasteiger partial charge in [-0.05, 0) is 121 Å². The maximum Gasteiger partial charge on any atom is 0.250 e. The number of nitrogens with one attached hydrogen (secondary N) is 3. The smallest absolute Gasteiger partial charge is 0.250 e. The number of amides is 1. The molecular formula is C41H73N7O. The molecule has 3 aliphatic heterocycles. The van der Waals surface area contributed by atoms with Crippen molar-refractivity contribution >= 4 is 11.6 Å². The Kier molecular flexibility index (Phi) is 16.5. The van der Waals surface area contributed by atoms with Crippen molar-refractivity contribution in [2.45, 2.75) is 122 Å². The van der Waals surface area contributed by atoms with Gasteiger partial charge in [0.15, 0.2) is 0 Å². The van der Waals surface area contributed by atoms with Gasteiger partial charge in [-0.2, -0.15) is 0 Å². The summed E-state index contributed by atoms with van der Waals surface area (Å²) < 4.78 is 0. The molecule has 5 rings (SSSR count). The third kappa shape index (κ3) is 11.6. The van der Waals surface area contributed by atoms with Crippen LogP contribution < -0.4 is 20.9 Å². The zero-order chi connectivity index (χ0) is 34.2. The second-order valence-electron chi connectivity index (χ2n) is 16.1. The summed E-state index contributed by atoms with van der Waals surface area (Å²) in [6.07, 6.45) is 18.8. The number of likely N-dealkylation sites (tertiary alicyclic amines) is 1. The molecule has 4 aliphatic rings. The highest BCUT2D eigenvalue weighted by Gasteiger charge is 2.54. The molecule has 1 amide bonds. The van der Waals surface area contributed by atoms with Crippen molar-refractivity contribution in [3.05, 3.63) is 30.3 Å². The number of carbonyl (C=O) groups is 1. The summed E-state index contributed by atoms with van der Waals surface area (Å²) in [5.41, 5.74) is 0.854. The first-order valence-corrected chi connectivity index (χ1v) is 20.8. The van der Waals surface area contributed by atoms with Gasteiger partial charge in [0.1, 0.15) is 5.54 Å². The fourth-order valence-corrected chi connectivity index (χ4v) is 9.18. The van der Waals surface area contributed by atoms with E-state index in [9.17, 15) is 4.79 Å². The molecule has 1 aromatic rings. The SMILES string of the molecule is CC(C)[C@H]1CC[C@@H](N2CCC3(CC2)C(=O)N(CCCCCCCCCN2CCCNCCNCCCNCC2)CN3c2ccccc2)CC1. The van der Waals surface area contributed by atoms with Crippen molar-refractivity contribution in [2.75, 3.05) is 90.1 Å². The zero-order valence-electron chi connectivity index (χ0n) is 31.6. The van der Waals surface area contributed by atoms with Crippen LogP contribution in [0.15, 0.2) is 30.3 Å². The zero-order valence-corrected chi connectivity index (χ0v) is 31.6. The Morgan fingerprint density at radius 1 is 0.694 bits per heavy atom. The molecule has 3 N–H and O–H groups in total. The van der Waals surface area contributed by atoms with Gasteiger partial charge in [-0.1, -0.05) is 64.2 Å². The van der Waals surface area contributed by atoms with Crippen molar-refractivity contribution in [3.8, 4) is 0 Å². The van der Waals surface area contributed by atoms with Crippen LogP contribution in [-0.4, -0.2) is 117 Å². The van der Waals surface area contributed by atoms with E-state index < -0.39 is 0 Å². The highest BCUT2D eigenvalue weighted by Crippen LogP contribution is 2.41. The minimum atomic E-state index is -0.362. The molecule has 0 radical (unpaired) electrons. The molecule has 4 fully saturated rings. The van der Waals surface area contributed by atoms with Crippen LogP contribution in [0.1, 0.15) is 110 Å². The van der Waals surface area contributed by atoms with Gasteiger partial charge in [-0.15, -0.1) is 0 Å². The normalized spacial score (nSPS) is 25.7. The van der Waals surface area contributed by atoms with Crippen molar-refractivity contribution in [1.29, 1.82) is 0 Å². The van der Waals surface area contributed by atoms with Crippen LogP contribution in [-0.2, 0) is 4.79 Å². The Hall–Kier alpha value is -1.71. The molecule has 1 saturated carbocycles. The van der Waals surface area contributed by atoms with Crippen LogP contribution >= 0.6 is 0 Å². The van der Waals surface area contributed by atoms with Gasteiger partial charge in [-0.25, -0.2) is 0 Å². The van der Waals surface area contributed by atoms with Crippen molar-refractivity contribution in [2.24, 2.45) is 11.8 Å². The lowest BCUT2D eigenvalue weighted by Gasteiger charge is -2.47. The first-order valence-electron chi connectivity index (χ1n) is 20.8. The van der Waals surface area contributed by atoms with Crippen LogP contribution in [0.25, 0.3) is 0 Å². The van der Waals surface area contributed by atoms with Gasteiger partial charge in [-0.3, -0.25) is 4.79 Å². The van der Waals surface area contributed by atoms with E-state index in [0.29, 0.717) is 5.91 Å². The number of nitrogens with zero attached hydrogens (tertiary/aromatic N) is 4. The van der Waals surface area contributed by atoms with Gasteiger partial charge in [0.05, 0.1) is 6.67 Å². The van der Waals surface area contributed by atoms with Crippen molar-refractivity contribution in [3.63, 3.8) is 0 Å². The molecule has 1 aliphatic carbocycles. The molecule has 49 heavy (non-hydrogen) atoms. The maximum atomic E-state index is 14.2. The van der Waals surface area contributed by atoms with Crippen LogP contribution in [0.3, 0.4) is 0 Å². The second-order valence-corrected chi connectivity index (χ2v) is 16.1. The lowest BCUT2D eigenvalue weighted by atomic mass is 9.78.